The van der Waals surface area contributed by atoms with E-state index in [0.29, 0.717) is 11.2 Å². The molecule has 2 N–H and O–H groups in total. The monoisotopic (exact) mass is 299 g/mol. The molecule has 1 heterocycles. The minimum atomic E-state index is -1.77. The van der Waals surface area contributed by atoms with Crippen LogP contribution < -0.4 is 10.8 Å². The van der Waals surface area contributed by atoms with Crippen LogP contribution in [0.1, 0.15) is 33.4 Å². The standard InChI is InChI=1S/C13H26BNO4Si/c1-9-10(11(18-15-9)20(6,7)8)14(17)19-13(4,5)12(2,3)16/h16-17H,1-8H3. The fourth-order valence-electron chi connectivity index (χ4n) is 1.69. The molecular weight excluding hydrogens is 273 g/mol. The number of hydrogen-bond acceptors (Lipinski definition) is 5. The number of hydrogen-bond donors (Lipinski definition) is 2. The highest BCUT2D eigenvalue weighted by atomic mass is 28.3. The molecule has 0 saturated heterocycles. The second-order valence-corrected chi connectivity index (χ2v) is 12.3. The van der Waals surface area contributed by atoms with Crippen molar-refractivity contribution in [1.29, 1.82) is 0 Å². The molecule has 0 aromatic carbocycles. The summed E-state index contributed by atoms with van der Waals surface area (Å²) in [5.41, 5.74) is -0.770. The molecule has 0 bridgehead atoms. The molecule has 0 aliphatic heterocycles. The van der Waals surface area contributed by atoms with Crippen LogP contribution in [0.2, 0.25) is 19.6 Å². The molecule has 1 rings (SSSR count). The molecule has 1 aromatic heterocycles. The van der Waals surface area contributed by atoms with Crippen molar-refractivity contribution >= 4 is 26.0 Å². The van der Waals surface area contributed by atoms with Gasteiger partial charge in [-0.15, -0.1) is 0 Å². The fourth-order valence-corrected chi connectivity index (χ4v) is 3.12. The maximum Gasteiger partial charge on any atom is 0.496 e. The van der Waals surface area contributed by atoms with E-state index in [9.17, 15) is 10.1 Å². The first-order valence-electron chi connectivity index (χ1n) is 6.82. The smallest absolute Gasteiger partial charge is 0.423 e. The first-order chi connectivity index (χ1) is 8.77. The molecule has 0 amide bonds. The van der Waals surface area contributed by atoms with Crippen molar-refractivity contribution in [3.8, 4) is 0 Å². The van der Waals surface area contributed by atoms with Gasteiger partial charge >= 0.3 is 7.12 Å². The van der Waals surface area contributed by atoms with E-state index in [1.807, 2.05) is 0 Å². The van der Waals surface area contributed by atoms with Gasteiger partial charge in [0.1, 0.15) is 13.5 Å². The van der Waals surface area contributed by atoms with E-state index in [4.69, 9.17) is 9.18 Å². The highest BCUT2D eigenvalue weighted by Crippen LogP contribution is 2.25. The van der Waals surface area contributed by atoms with Crippen molar-refractivity contribution in [1.82, 2.24) is 5.16 Å². The molecule has 1 aromatic rings. The normalized spacial score (nSPS) is 13.7. The van der Waals surface area contributed by atoms with Crippen LogP contribution in [0.25, 0.3) is 0 Å². The van der Waals surface area contributed by atoms with Gasteiger partial charge in [-0.3, -0.25) is 0 Å². The van der Waals surface area contributed by atoms with Gasteiger partial charge in [-0.1, -0.05) is 24.8 Å². The minimum absolute atomic E-state index is 0.599. The first-order valence-corrected chi connectivity index (χ1v) is 10.3. The van der Waals surface area contributed by atoms with Gasteiger partial charge in [-0.2, -0.15) is 0 Å². The maximum atomic E-state index is 10.4. The summed E-state index contributed by atoms with van der Waals surface area (Å²) in [5.74, 6) is 0. The second kappa shape index (κ2) is 5.29. The van der Waals surface area contributed by atoms with Gasteiger partial charge in [0.2, 0.25) is 0 Å². The van der Waals surface area contributed by atoms with Gasteiger partial charge < -0.3 is 19.3 Å². The molecule has 0 saturated carbocycles. The number of aliphatic hydroxyl groups is 1. The van der Waals surface area contributed by atoms with Crippen LogP contribution in [0.3, 0.4) is 0 Å². The van der Waals surface area contributed by atoms with Gasteiger partial charge in [0.05, 0.1) is 16.9 Å². The van der Waals surface area contributed by atoms with Gasteiger partial charge in [-0.25, -0.2) is 0 Å². The van der Waals surface area contributed by atoms with Crippen LogP contribution in [0.5, 0.6) is 0 Å². The topological polar surface area (TPSA) is 75.7 Å². The SMILES string of the molecule is Cc1noc([Si](C)(C)C)c1B(O)OC(C)(C)C(C)(C)O. The third kappa shape index (κ3) is 3.52. The summed E-state index contributed by atoms with van der Waals surface area (Å²) < 4.78 is 11.1. The Morgan fingerprint density at radius 3 is 2.10 bits per heavy atom. The predicted molar refractivity (Wildman–Crippen MR) is 83.3 cm³/mol. The molecule has 0 radical (unpaired) electrons. The summed E-state index contributed by atoms with van der Waals surface area (Å²) in [7, 11) is -2.94. The summed E-state index contributed by atoms with van der Waals surface area (Å²) in [5, 5.41) is 25.2. The molecule has 0 unspecified atom stereocenters. The number of aromatic nitrogens is 1. The van der Waals surface area contributed by atoms with Crippen molar-refractivity contribution in [3.63, 3.8) is 0 Å². The molecule has 0 fully saturated rings. The van der Waals surface area contributed by atoms with Gasteiger partial charge in [0.15, 0.2) is 0 Å². The Labute approximate surface area is 122 Å². The van der Waals surface area contributed by atoms with Crippen LogP contribution >= 0.6 is 0 Å². The van der Waals surface area contributed by atoms with Crippen LogP contribution in [0.4, 0.5) is 0 Å². The molecule has 0 atom stereocenters. The minimum Gasteiger partial charge on any atom is -0.423 e. The highest BCUT2D eigenvalue weighted by Gasteiger charge is 2.42. The summed E-state index contributed by atoms with van der Waals surface area (Å²) in [6.07, 6.45) is 0. The Bertz CT molecular complexity index is 474. The first kappa shape index (κ1) is 17.4. The lowest BCUT2D eigenvalue weighted by Crippen LogP contribution is -2.58. The van der Waals surface area contributed by atoms with Crippen molar-refractivity contribution in [2.75, 3.05) is 0 Å². The van der Waals surface area contributed by atoms with E-state index in [1.54, 1.807) is 34.6 Å². The third-order valence-electron chi connectivity index (χ3n) is 3.72. The van der Waals surface area contributed by atoms with Gasteiger partial charge in [-0.05, 0) is 34.6 Å². The summed E-state index contributed by atoms with van der Waals surface area (Å²) in [6, 6.07) is 0. The molecule has 0 spiro atoms. The quantitative estimate of drug-likeness (QED) is 0.786. The van der Waals surface area contributed by atoms with Gasteiger partial charge in [0.25, 0.3) is 0 Å². The largest absolute Gasteiger partial charge is 0.496 e. The molecule has 7 heteroatoms. The summed E-state index contributed by atoms with van der Waals surface area (Å²) in [6.45, 7) is 14.9. The van der Waals surface area contributed by atoms with Crippen molar-refractivity contribution in [3.05, 3.63) is 5.69 Å². The van der Waals surface area contributed by atoms with Crippen LogP contribution in [0, 0.1) is 6.92 Å². The Morgan fingerprint density at radius 1 is 1.20 bits per heavy atom. The maximum absolute atomic E-state index is 10.4. The Balaban J connectivity index is 3.11. The average molecular weight is 299 g/mol. The van der Waals surface area contributed by atoms with Crippen LogP contribution in [-0.2, 0) is 4.65 Å². The lowest BCUT2D eigenvalue weighted by Gasteiger charge is -2.38. The average Bonchev–Trinajstić information content (AvgIpc) is 2.56. The zero-order chi connectivity index (χ0) is 15.9. The number of nitrogens with zero attached hydrogens (tertiary/aromatic N) is 1. The lowest BCUT2D eigenvalue weighted by molar-refractivity contribution is -0.0982. The highest BCUT2D eigenvalue weighted by molar-refractivity contribution is 6.91. The second-order valence-electron chi connectivity index (χ2n) is 7.30. The van der Waals surface area contributed by atoms with Crippen LogP contribution in [-0.4, -0.2) is 41.7 Å². The van der Waals surface area contributed by atoms with E-state index >= 15 is 0 Å². The van der Waals surface area contributed by atoms with E-state index < -0.39 is 26.4 Å². The zero-order valence-corrected chi connectivity index (χ0v) is 14.7. The van der Waals surface area contributed by atoms with Crippen molar-refractivity contribution < 1.29 is 19.3 Å². The molecular formula is C13H26BNO4Si. The summed E-state index contributed by atoms with van der Waals surface area (Å²) >= 11 is 0. The zero-order valence-electron chi connectivity index (χ0n) is 13.7. The van der Waals surface area contributed by atoms with Crippen LogP contribution in [0.15, 0.2) is 4.52 Å². The molecule has 20 heavy (non-hydrogen) atoms. The lowest BCUT2D eigenvalue weighted by atomic mass is 9.77. The fraction of sp³-hybridized carbons (Fsp3) is 0.769. The van der Waals surface area contributed by atoms with E-state index in [0.717, 1.165) is 5.38 Å². The van der Waals surface area contributed by atoms with E-state index in [1.165, 1.54) is 0 Å². The third-order valence-corrected chi connectivity index (χ3v) is 5.44. The Hall–Kier alpha value is -0.628. The van der Waals surface area contributed by atoms with E-state index in [-0.39, 0.29) is 0 Å². The number of aryl methyl sites for hydroxylation is 1. The van der Waals surface area contributed by atoms with Gasteiger partial charge in [0, 0.05) is 5.46 Å². The molecule has 0 aliphatic carbocycles. The Morgan fingerprint density at radius 2 is 1.70 bits per heavy atom. The predicted octanol–water partition coefficient (Wildman–Crippen LogP) is 0.782. The van der Waals surface area contributed by atoms with Crippen molar-refractivity contribution in [2.24, 2.45) is 0 Å². The molecule has 0 aliphatic rings. The van der Waals surface area contributed by atoms with E-state index in [2.05, 4.69) is 24.8 Å². The van der Waals surface area contributed by atoms with Crippen molar-refractivity contribution in [2.45, 2.75) is 65.5 Å². The summed E-state index contributed by atoms with van der Waals surface area (Å²) in [4.78, 5) is 0. The molecule has 114 valence electrons. The molecule has 5 nitrogen and oxygen atoms in total. The number of rotatable bonds is 5. The Kier molecular flexibility index (Phi) is 4.61.